The van der Waals surface area contributed by atoms with Crippen molar-refractivity contribution in [3.63, 3.8) is 0 Å². The summed E-state index contributed by atoms with van der Waals surface area (Å²) in [6.45, 7) is 10.6. The second kappa shape index (κ2) is 11.3. The molecule has 1 nitrogen and oxygen atoms in total. The van der Waals surface area contributed by atoms with E-state index in [1.807, 2.05) is 13.8 Å². The van der Waals surface area contributed by atoms with Crippen molar-refractivity contribution in [3.8, 4) is 0 Å². The first-order valence-corrected chi connectivity index (χ1v) is 5.93. The van der Waals surface area contributed by atoms with E-state index >= 15 is 0 Å². The Morgan fingerprint density at radius 3 is 1.47 bits per heavy atom. The quantitative estimate of drug-likeness (QED) is 0.789. The molecule has 0 amide bonds. The van der Waals surface area contributed by atoms with Crippen LogP contribution in [0.5, 0.6) is 0 Å². The van der Waals surface area contributed by atoms with Gasteiger partial charge in [-0.15, -0.1) is 0 Å². The van der Waals surface area contributed by atoms with Crippen molar-refractivity contribution >= 4 is 0 Å². The fourth-order valence-corrected chi connectivity index (χ4v) is 1.36. The van der Waals surface area contributed by atoms with Crippen LogP contribution in [0.15, 0.2) is 18.2 Å². The lowest BCUT2D eigenvalue weighted by Gasteiger charge is -2.02. The molecule has 0 unspecified atom stereocenters. The number of nitrogens with two attached hydrogens (primary N) is 1. The molecule has 0 aliphatic rings. The Bertz CT molecular complexity index is 219. The van der Waals surface area contributed by atoms with Gasteiger partial charge >= 0.3 is 0 Å². The van der Waals surface area contributed by atoms with Crippen LogP contribution in [0.3, 0.4) is 0 Å². The first kappa shape index (κ1) is 16.6. The largest absolute Gasteiger partial charge is 0.333 e. The maximum Gasteiger partial charge on any atom is -0.0195 e. The van der Waals surface area contributed by atoms with Gasteiger partial charge in [0.25, 0.3) is 0 Å². The molecule has 0 saturated heterocycles. The van der Waals surface area contributed by atoms with Gasteiger partial charge in [0.05, 0.1) is 0 Å². The number of benzene rings is 1. The molecular formula is C14H27N. The monoisotopic (exact) mass is 209 g/mol. The van der Waals surface area contributed by atoms with E-state index in [1.54, 1.807) is 0 Å². The predicted molar refractivity (Wildman–Crippen MR) is 71.4 cm³/mol. The molecule has 1 aromatic rings. The maximum atomic E-state index is 4.50. The lowest BCUT2D eigenvalue weighted by Crippen LogP contribution is -1.87. The summed E-state index contributed by atoms with van der Waals surface area (Å²) in [6, 6.07) is 6.82. The van der Waals surface area contributed by atoms with Gasteiger partial charge in [-0.3, -0.25) is 0 Å². The standard InChI is InChI=1S/C11H16.C2H6.CH5N/c1-4-10-6-9(3)7-11(5-2)8-10;2*1-2/h6-8H,4-5H2,1-3H3;1-2H3;2H2,1H3. The van der Waals surface area contributed by atoms with Gasteiger partial charge in [-0.2, -0.15) is 0 Å². The third kappa shape index (κ3) is 7.15. The lowest BCUT2D eigenvalue weighted by molar-refractivity contribution is 1.08. The van der Waals surface area contributed by atoms with E-state index in [2.05, 4.69) is 44.7 Å². The molecule has 0 bridgehead atoms. The van der Waals surface area contributed by atoms with Gasteiger partial charge in [0, 0.05) is 0 Å². The molecule has 1 heteroatoms. The average molecular weight is 209 g/mol. The highest BCUT2D eigenvalue weighted by Crippen LogP contribution is 2.10. The SMILES string of the molecule is CC.CCc1cc(C)cc(CC)c1.CN. The second-order valence-corrected chi connectivity index (χ2v) is 3.03. The normalized spacial score (nSPS) is 8.20. The minimum Gasteiger partial charge on any atom is -0.333 e. The zero-order valence-electron chi connectivity index (χ0n) is 11.2. The molecule has 2 N–H and O–H groups in total. The molecule has 0 heterocycles. The average Bonchev–Trinajstić information content (AvgIpc) is 2.33. The molecule has 0 aliphatic carbocycles. The first-order chi connectivity index (χ1) is 7.26. The Kier molecular flexibility index (Phi) is 12.5. The van der Waals surface area contributed by atoms with Crippen molar-refractivity contribution in [3.05, 3.63) is 34.9 Å². The van der Waals surface area contributed by atoms with Crippen LogP contribution in [-0.4, -0.2) is 7.05 Å². The molecule has 0 aliphatic heterocycles. The Hall–Kier alpha value is -0.820. The first-order valence-electron chi connectivity index (χ1n) is 5.93. The van der Waals surface area contributed by atoms with Crippen molar-refractivity contribution in [1.29, 1.82) is 0 Å². The summed E-state index contributed by atoms with van der Waals surface area (Å²) >= 11 is 0. The van der Waals surface area contributed by atoms with Crippen molar-refractivity contribution in [1.82, 2.24) is 0 Å². The van der Waals surface area contributed by atoms with Gasteiger partial charge in [-0.05, 0) is 37.9 Å². The smallest absolute Gasteiger partial charge is 0.0195 e. The summed E-state index contributed by atoms with van der Waals surface area (Å²) in [4.78, 5) is 0. The van der Waals surface area contributed by atoms with E-state index < -0.39 is 0 Å². The highest BCUT2D eigenvalue weighted by molar-refractivity contribution is 5.29. The molecule has 88 valence electrons. The number of aryl methyl sites for hydroxylation is 3. The molecule has 0 saturated carbocycles. The van der Waals surface area contributed by atoms with E-state index in [-0.39, 0.29) is 0 Å². The summed E-state index contributed by atoms with van der Waals surface area (Å²) < 4.78 is 0. The van der Waals surface area contributed by atoms with Crippen LogP contribution >= 0.6 is 0 Å². The molecule has 0 aromatic heterocycles. The third-order valence-electron chi connectivity index (χ3n) is 2.01. The van der Waals surface area contributed by atoms with Gasteiger partial charge in [0.1, 0.15) is 0 Å². The van der Waals surface area contributed by atoms with Crippen LogP contribution in [0.4, 0.5) is 0 Å². The van der Waals surface area contributed by atoms with Crippen LogP contribution in [0, 0.1) is 6.92 Å². The Balaban J connectivity index is 0. The van der Waals surface area contributed by atoms with Crippen molar-refractivity contribution in [2.24, 2.45) is 5.73 Å². The topological polar surface area (TPSA) is 26.0 Å². The third-order valence-corrected chi connectivity index (χ3v) is 2.01. The summed E-state index contributed by atoms with van der Waals surface area (Å²) in [5.74, 6) is 0. The minimum atomic E-state index is 1.15. The van der Waals surface area contributed by atoms with E-state index in [9.17, 15) is 0 Å². The van der Waals surface area contributed by atoms with E-state index in [0.717, 1.165) is 12.8 Å². The van der Waals surface area contributed by atoms with Gasteiger partial charge < -0.3 is 5.73 Å². The van der Waals surface area contributed by atoms with Gasteiger partial charge in [0.2, 0.25) is 0 Å². The highest BCUT2D eigenvalue weighted by atomic mass is 14.4. The van der Waals surface area contributed by atoms with Crippen LogP contribution in [-0.2, 0) is 12.8 Å². The summed E-state index contributed by atoms with van der Waals surface area (Å²) in [7, 11) is 1.50. The lowest BCUT2D eigenvalue weighted by atomic mass is 10.0. The second-order valence-electron chi connectivity index (χ2n) is 3.03. The molecule has 0 radical (unpaired) electrons. The van der Waals surface area contributed by atoms with E-state index in [1.165, 1.54) is 23.7 Å². The van der Waals surface area contributed by atoms with E-state index in [0.29, 0.717) is 0 Å². The zero-order chi connectivity index (χ0) is 12.3. The van der Waals surface area contributed by atoms with Gasteiger partial charge in [0.15, 0.2) is 0 Å². The van der Waals surface area contributed by atoms with Crippen LogP contribution < -0.4 is 5.73 Å². The van der Waals surface area contributed by atoms with E-state index in [4.69, 9.17) is 0 Å². The summed E-state index contributed by atoms with van der Waals surface area (Å²) in [5.41, 5.74) is 8.81. The zero-order valence-corrected chi connectivity index (χ0v) is 11.2. The Labute approximate surface area is 95.7 Å². The number of hydrogen-bond donors (Lipinski definition) is 1. The fourth-order valence-electron chi connectivity index (χ4n) is 1.36. The molecule has 1 aromatic carbocycles. The molecular weight excluding hydrogens is 182 g/mol. The number of hydrogen-bond acceptors (Lipinski definition) is 1. The highest BCUT2D eigenvalue weighted by Gasteiger charge is 1.94. The van der Waals surface area contributed by atoms with Gasteiger partial charge in [-0.1, -0.05) is 51.5 Å². The molecule has 0 spiro atoms. The van der Waals surface area contributed by atoms with Crippen LogP contribution in [0.2, 0.25) is 0 Å². The number of rotatable bonds is 2. The maximum absolute atomic E-state index is 4.50. The Morgan fingerprint density at radius 1 is 0.867 bits per heavy atom. The molecule has 0 atom stereocenters. The van der Waals surface area contributed by atoms with Crippen LogP contribution in [0.25, 0.3) is 0 Å². The van der Waals surface area contributed by atoms with Gasteiger partial charge in [-0.25, -0.2) is 0 Å². The summed E-state index contributed by atoms with van der Waals surface area (Å²) in [6.07, 6.45) is 2.30. The van der Waals surface area contributed by atoms with Crippen molar-refractivity contribution in [2.75, 3.05) is 7.05 Å². The molecule has 1 rings (SSSR count). The van der Waals surface area contributed by atoms with Crippen molar-refractivity contribution < 1.29 is 0 Å². The minimum absolute atomic E-state index is 1.15. The molecule has 0 fully saturated rings. The predicted octanol–water partition coefficient (Wildman–Crippen LogP) is 3.72. The fraction of sp³-hybridized carbons (Fsp3) is 0.571. The summed E-state index contributed by atoms with van der Waals surface area (Å²) in [5, 5.41) is 0. The van der Waals surface area contributed by atoms with Crippen LogP contribution in [0.1, 0.15) is 44.4 Å². The Morgan fingerprint density at radius 2 is 1.20 bits per heavy atom. The van der Waals surface area contributed by atoms with Crippen molar-refractivity contribution in [2.45, 2.75) is 47.5 Å². The molecule has 15 heavy (non-hydrogen) atoms.